The average Bonchev–Trinajstić information content (AvgIpc) is 3.26. The van der Waals surface area contributed by atoms with Crippen LogP contribution in [0.15, 0.2) is 0 Å². The molecule has 0 heterocycles. The van der Waals surface area contributed by atoms with Gasteiger partial charge in [-0.05, 0) is 46.6 Å². The molecule has 1 saturated carbocycles. The van der Waals surface area contributed by atoms with Crippen LogP contribution < -0.4 is 5.32 Å². The Hall–Kier alpha value is -0.650. The first-order chi connectivity index (χ1) is 9.96. The van der Waals surface area contributed by atoms with E-state index in [9.17, 15) is 4.79 Å². The first-order valence-corrected chi connectivity index (χ1v) is 8.14. The van der Waals surface area contributed by atoms with Crippen molar-refractivity contribution in [3.63, 3.8) is 0 Å². The largest absolute Gasteiger partial charge is 0.468 e. The van der Waals surface area contributed by atoms with Crippen LogP contribution in [0.1, 0.15) is 47.0 Å². The summed E-state index contributed by atoms with van der Waals surface area (Å²) in [5.41, 5.74) is -0.603. The third kappa shape index (κ3) is 5.93. The number of hydrogen-bond acceptors (Lipinski definition) is 5. The summed E-state index contributed by atoms with van der Waals surface area (Å²) in [5.74, 6) is -0.165. The molecule has 0 aromatic rings. The molecule has 2 unspecified atom stereocenters. The number of carbonyl (C=O) groups is 1. The summed E-state index contributed by atoms with van der Waals surface area (Å²) < 4.78 is 10.5. The minimum absolute atomic E-state index is 0.165. The van der Waals surface area contributed by atoms with Crippen LogP contribution in [0, 0.1) is 0 Å². The molecule has 0 spiro atoms. The van der Waals surface area contributed by atoms with Gasteiger partial charge in [0.15, 0.2) is 0 Å². The van der Waals surface area contributed by atoms with Crippen molar-refractivity contribution in [1.29, 1.82) is 0 Å². The number of esters is 1. The average molecular weight is 300 g/mol. The number of likely N-dealkylation sites (N-methyl/N-ethyl adjacent to an activating group) is 1. The first-order valence-electron chi connectivity index (χ1n) is 8.14. The summed E-state index contributed by atoms with van der Waals surface area (Å²) in [5, 5.41) is 3.46. The lowest BCUT2D eigenvalue weighted by molar-refractivity contribution is -0.149. The van der Waals surface area contributed by atoms with Gasteiger partial charge in [-0.25, -0.2) is 0 Å². The number of ether oxygens (including phenoxy) is 2. The minimum atomic E-state index is -0.603. The van der Waals surface area contributed by atoms with Gasteiger partial charge in [0.1, 0.15) is 5.54 Å². The van der Waals surface area contributed by atoms with Gasteiger partial charge in [0, 0.05) is 25.2 Å². The Morgan fingerprint density at radius 1 is 1.43 bits per heavy atom. The van der Waals surface area contributed by atoms with E-state index in [1.54, 1.807) is 0 Å². The van der Waals surface area contributed by atoms with E-state index in [2.05, 4.69) is 24.1 Å². The number of nitrogens with zero attached hydrogens (tertiary/aromatic N) is 1. The molecule has 124 valence electrons. The monoisotopic (exact) mass is 300 g/mol. The van der Waals surface area contributed by atoms with E-state index in [1.807, 2.05) is 13.8 Å². The van der Waals surface area contributed by atoms with Crippen molar-refractivity contribution in [1.82, 2.24) is 10.2 Å². The van der Waals surface area contributed by atoms with E-state index in [1.165, 1.54) is 7.11 Å². The number of methoxy groups -OCH3 is 1. The lowest BCUT2D eigenvalue weighted by atomic mass is 9.92. The van der Waals surface area contributed by atoms with Gasteiger partial charge in [-0.3, -0.25) is 15.0 Å². The molecule has 1 aliphatic rings. The quantitative estimate of drug-likeness (QED) is 0.466. The van der Waals surface area contributed by atoms with E-state index < -0.39 is 5.54 Å². The van der Waals surface area contributed by atoms with Crippen LogP contribution in [0.5, 0.6) is 0 Å². The molecule has 5 nitrogen and oxygen atoms in total. The second-order valence-electron chi connectivity index (χ2n) is 6.12. The molecule has 1 aliphatic carbocycles. The predicted molar refractivity (Wildman–Crippen MR) is 84.4 cm³/mol. The molecule has 5 heteroatoms. The van der Waals surface area contributed by atoms with E-state index in [0.29, 0.717) is 12.1 Å². The van der Waals surface area contributed by atoms with Crippen molar-refractivity contribution < 1.29 is 14.3 Å². The Bertz CT molecular complexity index is 321. The molecule has 0 radical (unpaired) electrons. The van der Waals surface area contributed by atoms with Crippen LogP contribution in [0.3, 0.4) is 0 Å². The van der Waals surface area contributed by atoms with Crippen molar-refractivity contribution >= 4 is 5.97 Å². The van der Waals surface area contributed by atoms with Gasteiger partial charge in [-0.2, -0.15) is 0 Å². The maximum atomic E-state index is 12.2. The van der Waals surface area contributed by atoms with Crippen LogP contribution in [0.2, 0.25) is 0 Å². The zero-order valence-electron chi connectivity index (χ0n) is 14.3. The van der Waals surface area contributed by atoms with Gasteiger partial charge in [0.2, 0.25) is 0 Å². The van der Waals surface area contributed by atoms with Crippen LogP contribution in [0.4, 0.5) is 0 Å². The summed E-state index contributed by atoms with van der Waals surface area (Å²) in [4.78, 5) is 14.5. The molecule has 1 rings (SSSR count). The zero-order valence-corrected chi connectivity index (χ0v) is 14.3. The predicted octanol–water partition coefficient (Wildman–Crippen LogP) is 1.81. The standard InChI is InChI=1S/C16H32N2O3/c1-6-18(10-11-21-7-2)13(3)12-16(4,15(19)20-5)17-14-8-9-14/h13-14,17H,6-12H2,1-5H3. The molecule has 1 N–H and O–H groups in total. The van der Waals surface area contributed by atoms with Gasteiger partial charge >= 0.3 is 5.97 Å². The maximum absolute atomic E-state index is 12.2. The van der Waals surface area contributed by atoms with Crippen molar-refractivity contribution in [2.75, 3.05) is 33.4 Å². The third-order valence-corrected chi connectivity index (χ3v) is 4.20. The smallest absolute Gasteiger partial charge is 0.325 e. The van der Waals surface area contributed by atoms with E-state index >= 15 is 0 Å². The SMILES string of the molecule is CCOCCN(CC)C(C)CC(C)(NC1CC1)C(=O)OC. The van der Waals surface area contributed by atoms with Crippen LogP contribution in [0.25, 0.3) is 0 Å². The normalized spacial score (nSPS) is 19.3. The van der Waals surface area contributed by atoms with Crippen LogP contribution in [-0.4, -0.2) is 61.9 Å². The highest BCUT2D eigenvalue weighted by atomic mass is 16.5. The highest BCUT2D eigenvalue weighted by molar-refractivity contribution is 5.80. The summed E-state index contributed by atoms with van der Waals surface area (Å²) in [6.45, 7) is 11.6. The molecule has 2 atom stereocenters. The summed E-state index contributed by atoms with van der Waals surface area (Å²) in [6.07, 6.45) is 3.06. The van der Waals surface area contributed by atoms with E-state index in [-0.39, 0.29) is 5.97 Å². The lowest BCUT2D eigenvalue weighted by Gasteiger charge is -2.35. The Kier molecular flexibility index (Phi) is 7.63. The molecular weight excluding hydrogens is 268 g/mol. The highest BCUT2D eigenvalue weighted by Gasteiger charge is 2.41. The van der Waals surface area contributed by atoms with Gasteiger partial charge in [-0.1, -0.05) is 6.92 Å². The molecule has 21 heavy (non-hydrogen) atoms. The maximum Gasteiger partial charge on any atom is 0.325 e. The molecule has 1 fully saturated rings. The van der Waals surface area contributed by atoms with Gasteiger partial charge < -0.3 is 9.47 Å². The molecule has 0 aliphatic heterocycles. The Morgan fingerprint density at radius 2 is 2.10 bits per heavy atom. The first kappa shape index (κ1) is 18.4. The molecular formula is C16H32N2O3. The second-order valence-corrected chi connectivity index (χ2v) is 6.12. The number of rotatable bonds is 11. The third-order valence-electron chi connectivity index (χ3n) is 4.20. The summed E-state index contributed by atoms with van der Waals surface area (Å²) in [6, 6.07) is 0.769. The van der Waals surface area contributed by atoms with Crippen LogP contribution in [-0.2, 0) is 14.3 Å². The fraction of sp³-hybridized carbons (Fsp3) is 0.938. The Labute approximate surface area is 129 Å². The lowest BCUT2D eigenvalue weighted by Crippen LogP contribution is -2.55. The van der Waals surface area contributed by atoms with E-state index in [4.69, 9.17) is 9.47 Å². The Balaban J connectivity index is 2.59. The number of nitrogens with one attached hydrogen (secondary N) is 1. The summed E-state index contributed by atoms with van der Waals surface area (Å²) in [7, 11) is 1.46. The molecule has 0 amide bonds. The minimum Gasteiger partial charge on any atom is -0.468 e. The van der Waals surface area contributed by atoms with Gasteiger partial charge in [0.25, 0.3) is 0 Å². The number of hydrogen-bond donors (Lipinski definition) is 1. The molecule has 0 bridgehead atoms. The Morgan fingerprint density at radius 3 is 2.57 bits per heavy atom. The fourth-order valence-electron chi connectivity index (χ4n) is 2.84. The van der Waals surface area contributed by atoms with Crippen molar-refractivity contribution in [2.24, 2.45) is 0 Å². The zero-order chi connectivity index (χ0) is 15.9. The molecule has 0 aromatic heterocycles. The van der Waals surface area contributed by atoms with E-state index in [0.717, 1.165) is 45.6 Å². The van der Waals surface area contributed by atoms with Crippen molar-refractivity contribution in [3.05, 3.63) is 0 Å². The second kappa shape index (κ2) is 8.71. The molecule has 0 saturated heterocycles. The van der Waals surface area contributed by atoms with Gasteiger partial charge in [-0.15, -0.1) is 0 Å². The van der Waals surface area contributed by atoms with Crippen molar-refractivity contribution in [3.8, 4) is 0 Å². The topological polar surface area (TPSA) is 50.8 Å². The number of carbonyl (C=O) groups excluding carboxylic acids is 1. The fourth-order valence-corrected chi connectivity index (χ4v) is 2.84. The van der Waals surface area contributed by atoms with Gasteiger partial charge in [0.05, 0.1) is 13.7 Å². The highest BCUT2D eigenvalue weighted by Crippen LogP contribution is 2.26. The van der Waals surface area contributed by atoms with Crippen LogP contribution >= 0.6 is 0 Å². The molecule has 0 aromatic carbocycles. The van der Waals surface area contributed by atoms with Crippen molar-refractivity contribution in [2.45, 2.75) is 64.6 Å². The summed E-state index contributed by atoms with van der Waals surface area (Å²) >= 11 is 0.